The number of hydrogen-bond acceptors (Lipinski definition) is 5. The van der Waals surface area contributed by atoms with Crippen molar-refractivity contribution in [1.29, 1.82) is 0 Å². The van der Waals surface area contributed by atoms with E-state index < -0.39 is 38.6 Å². The van der Waals surface area contributed by atoms with Gasteiger partial charge in [-0.3, -0.25) is 14.9 Å². The average Bonchev–Trinajstić information content (AvgIpc) is 2.43. The summed E-state index contributed by atoms with van der Waals surface area (Å²) in [5.74, 6) is -0.854. The lowest BCUT2D eigenvalue weighted by molar-refractivity contribution is -0.386. The SMILES string of the molecule is Cc1ccc(-n2c(=O)cc(C(F)(F)F)n(C)c2=S)c(O)c1[N+](=O)[O-]. The Kier molecular flexibility index (Phi) is 4.23. The van der Waals surface area contributed by atoms with E-state index >= 15 is 0 Å². The molecule has 1 aromatic carbocycles. The number of aryl methyl sites for hydroxylation is 1. The first-order valence-electron chi connectivity index (χ1n) is 6.34. The maximum absolute atomic E-state index is 12.9. The van der Waals surface area contributed by atoms with E-state index in [2.05, 4.69) is 0 Å². The van der Waals surface area contributed by atoms with E-state index in [0.717, 1.165) is 7.05 Å². The minimum Gasteiger partial charge on any atom is -0.501 e. The third-order valence-corrected chi connectivity index (χ3v) is 3.82. The molecule has 0 bridgehead atoms. The number of phenolic OH excluding ortho intramolecular Hbond substituents is 1. The third kappa shape index (κ3) is 2.77. The molecule has 24 heavy (non-hydrogen) atoms. The normalized spacial score (nSPS) is 11.5. The van der Waals surface area contributed by atoms with Crippen molar-refractivity contribution < 1.29 is 23.2 Å². The first kappa shape index (κ1) is 17.7. The van der Waals surface area contributed by atoms with Gasteiger partial charge in [-0.25, -0.2) is 4.57 Å². The molecule has 0 saturated carbocycles. The Morgan fingerprint density at radius 1 is 1.33 bits per heavy atom. The number of aromatic hydroxyl groups is 1. The number of aromatic nitrogens is 2. The molecule has 0 fully saturated rings. The van der Waals surface area contributed by atoms with Crippen LogP contribution in [0.5, 0.6) is 5.75 Å². The van der Waals surface area contributed by atoms with Crippen molar-refractivity contribution in [1.82, 2.24) is 9.13 Å². The van der Waals surface area contributed by atoms with Crippen LogP contribution >= 0.6 is 12.2 Å². The summed E-state index contributed by atoms with van der Waals surface area (Å²) in [6, 6.07) is 2.73. The Morgan fingerprint density at radius 2 is 1.92 bits per heavy atom. The van der Waals surface area contributed by atoms with Crippen LogP contribution in [0.15, 0.2) is 23.0 Å². The maximum Gasteiger partial charge on any atom is 0.431 e. The van der Waals surface area contributed by atoms with E-state index in [1.54, 1.807) is 0 Å². The predicted octanol–water partition coefficient (Wildman–Crippen LogP) is 2.85. The Hall–Kier alpha value is -2.69. The molecule has 0 aliphatic heterocycles. The second kappa shape index (κ2) is 5.74. The summed E-state index contributed by atoms with van der Waals surface area (Å²) >= 11 is 4.87. The van der Waals surface area contributed by atoms with Gasteiger partial charge in [0.15, 0.2) is 4.77 Å². The molecule has 0 unspecified atom stereocenters. The Morgan fingerprint density at radius 3 is 2.42 bits per heavy atom. The van der Waals surface area contributed by atoms with Gasteiger partial charge < -0.3 is 9.67 Å². The fourth-order valence-corrected chi connectivity index (χ4v) is 2.49. The van der Waals surface area contributed by atoms with Gasteiger partial charge in [0.1, 0.15) is 11.4 Å². The highest BCUT2D eigenvalue weighted by Crippen LogP contribution is 2.35. The van der Waals surface area contributed by atoms with Gasteiger partial charge in [-0.1, -0.05) is 6.07 Å². The van der Waals surface area contributed by atoms with Crippen LogP contribution in [0.1, 0.15) is 11.3 Å². The third-order valence-electron chi connectivity index (χ3n) is 3.37. The van der Waals surface area contributed by atoms with Gasteiger partial charge >= 0.3 is 11.9 Å². The van der Waals surface area contributed by atoms with Crippen molar-refractivity contribution >= 4 is 17.9 Å². The zero-order valence-corrected chi connectivity index (χ0v) is 13.1. The van der Waals surface area contributed by atoms with Crippen molar-refractivity contribution in [2.75, 3.05) is 0 Å². The van der Waals surface area contributed by atoms with E-state index in [0.29, 0.717) is 15.2 Å². The second-order valence-electron chi connectivity index (χ2n) is 4.90. The molecular weight excluding hydrogens is 351 g/mol. The van der Waals surface area contributed by atoms with Crippen molar-refractivity contribution in [2.45, 2.75) is 13.1 Å². The van der Waals surface area contributed by atoms with Gasteiger partial charge in [0, 0.05) is 18.7 Å². The van der Waals surface area contributed by atoms with Gasteiger partial charge in [0.25, 0.3) is 5.56 Å². The number of nitro benzene ring substituents is 1. The molecule has 0 atom stereocenters. The summed E-state index contributed by atoms with van der Waals surface area (Å²) in [6.07, 6.45) is -4.80. The highest BCUT2D eigenvalue weighted by molar-refractivity contribution is 7.71. The molecule has 128 valence electrons. The highest BCUT2D eigenvalue weighted by atomic mass is 32.1. The Balaban J connectivity index is 2.89. The number of nitro groups is 1. The Bertz CT molecular complexity index is 963. The van der Waals surface area contributed by atoms with Gasteiger partial charge in [-0.15, -0.1) is 0 Å². The van der Waals surface area contributed by atoms with Crippen LogP contribution < -0.4 is 5.56 Å². The number of rotatable bonds is 2. The largest absolute Gasteiger partial charge is 0.501 e. The summed E-state index contributed by atoms with van der Waals surface area (Å²) < 4.78 is 39.3. The van der Waals surface area contributed by atoms with E-state index in [1.165, 1.54) is 19.1 Å². The molecule has 2 aromatic rings. The number of nitrogens with zero attached hydrogens (tertiary/aromatic N) is 3. The lowest BCUT2D eigenvalue weighted by atomic mass is 10.1. The summed E-state index contributed by atoms with van der Waals surface area (Å²) in [5, 5.41) is 21.1. The zero-order valence-electron chi connectivity index (χ0n) is 12.3. The van der Waals surface area contributed by atoms with Crippen molar-refractivity contribution in [2.24, 2.45) is 7.05 Å². The van der Waals surface area contributed by atoms with E-state index in [-0.39, 0.29) is 11.3 Å². The Labute approximate surface area is 137 Å². The molecule has 11 heteroatoms. The maximum atomic E-state index is 12.9. The first-order valence-corrected chi connectivity index (χ1v) is 6.75. The smallest absolute Gasteiger partial charge is 0.431 e. The minimum absolute atomic E-state index is 0.122. The standard InChI is InChI=1S/C13H10F3N3O4S/c1-6-3-4-7(11(21)10(6)19(22)23)18-9(20)5-8(13(14,15)16)17(2)12(18)24/h3-5,21H,1-2H3. The topological polar surface area (TPSA) is 90.3 Å². The van der Waals surface area contributed by atoms with Crippen LogP contribution in [0.4, 0.5) is 18.9 Å². The van der Waals surface area contributed by atoms with E-state index in [1.807, 2.05) is 0 Å². The summed E-state index contributed by atoms with van der Waals surface area (Å²) in [4.78, 5) is 22.3. The van der Waals surface area contributed by atoms with Gasteiger partial charge in [0.2, 0.25) is 5.75 Å². The summed E-state index contributed by atoms with van der Waals surface area (Å²) in [7, 11) is 1.00. The van der Waals surface area contributed by atoms with Crippen LogP contribution in [0, 0.1) is 21.8 Å². The monoisotopic (exact) mass is 361 g/mol. The summed E-state index contributed by atoms with van der Waals surface area (Å²) in [6.45, 7) is 1.37. The van der Waals surface area contributed by atoms with Crippen molar-refractivity contribution in [3.05, 3.63) is 54.7 Å². The van der Waals surface area contributed by atoms with E-state index in [4.69, 9.17) is 12.2 Å². The van der Waals surface area contributed by atoms with E-state index in [9.17, 15) is 33.2 Å². The molecule has 1 N–H and O–H groups in total. The van der Waals surface area contributed by atoms with Crippen LogP contribution in [0.3, 0.4) is 0 Å². The number of halogens is 3. The fraction of sp³-hybridized carbons (Fsp3) is 0.231. The van der Waals surface area contributed by atoms with Gasteiger partial charge in [-0.05, 0) is 25.2 Å². The van der Waals surface area contributed by atoms with Crippen LogP contribution in [0.25, 0.3) is 5.69 Å². The number of phenols is 1. The molecule has 0 spiro atoms. The van der Waals surface area contributed by atoms with Crippen LogP contribution in [-0.4, -0.2) is 19.2 Å². The highest BCUT2D eigenvalue weighted by Gasteiger charge is 2.35. The van der Waals surface area contributed by atoms with Gasteiger partial charge in [-0.2, -0.15) is 13.2 Å². The molecule has 1 heterocycles. The molecule has 1 aromatic heterocycles. The van der Waals surface area contributed by atoms with Crippen molar-refractivity contribution in [3.63, 3.8) is 0 Å². The molecule has 0 amide bonds. The molecule has 0 saturated heterocycles. The summed E-state index contributed by atoms with van der Waals surface area (Å²) in [5.41, 5.74) is -3.34. The lowest BCUT2D eigenvalue weighted by Gasteiger charge is -2.16. The van der Waals surface area contributed by atoms with Crippen molar-refractivity contribution in [3.8, 4) is 11.4 Å². The van der Waals surface area contributed by atoms with Crippen LogP contribution in [0.2, 0.25) is 0 Å². The molecule has 0 radical (unpaired) electrons. The second-order valence-corrected chi connectivity index (χ2v) is 5.26. The molecule has 7 nitrogen and oxygen atoms in total. The number of benzene rings is 1. The van der Waals surface area contributed by atoms with Gasteiger partial charge in [0.05, 0.1) is 4.92 Å². The molecule has 0 aliphatic carbocycles. The number of hydrogen-bond donors (Lipinski definition) is 1. The predicted molar refractivity (Wildman–Crippen MR) is 79.9 cm³/mol. The zero-order chi connectivity index (χ0) is 18.4. The molecule has 0 aliphatic rings. The number of alkyl halides is 3. The fourth-order valence-electron chi connectivity index (χ4n) is 2.20. The quantitative estimate of drug-likeness (QED) is 0.505. The lowest BCUT2D eigenvalue weighted by Crippen LogP contribution is -2.27. The average molecular weight is 361 g/mol. The first-order chi connectivity index (χ1) is 11.0. The molecular formula is C13H10F3N3O4S. The minimum atomic E-state index is -4.80. The van der Waals surface area contributed by atoms with Crippen LogP contribution in [-0.2, 0) is 13.2 Å². The molecule has 2 rings (SSSR count).